The molecule has 0 aliphatic carbocycles. The largest absolute Gasteiger partial charge is 0.439 e. The minimum absolute atomic E-state index is 0.604. The van der Waals surface area contributed by atoms with E-state index in [2.05, 4.69) is 27.2 Å². The first-order chi connectivity index (χ1) is 12.7. The Morgan fingerprint density at radius 3 is 2.54 bits per heavy atom. The van der Waals surface area contributed by atoms with Crippen LogP contribution in [-0.4, -0.2) is 16.5 Å². The summed E-state index contributed by atoms with van der Waals surface area (Å²) in [7, 11) is 0. The zero-order valence-electron chi connectivity index (χ0n) is 14.8. The van der Waals surface area contributed by atoms with E-state index in [0.29, 0.717) is 12.4 Å². The molecule has 3 rings (SSSR count). The lowest BCUT2D eigenvalue weighted by Crippen LogP contribution is -2.15. The average Bonchev–Trinajstić information content (AvgIpc) is 2.65. The Labute approximate surface area is 153 Å². The molecule has 0 saturated carbocycles. The molecule has 0 aliphatic heterocycles. The number of hydrogen-bond acceptors (Lipinski definition) is 5. The van der Waals surface area contributed by atoms with E-state index in [-0.39, 0.29) is 0 Å². The lowest BCUT2D eigenvalue weighted by molar-refractivity contribution is 0.453. The Balaban J connectivity index is 1.65. The SMILES string of the molecule is C=C(C)CNCc1cccnc1Oc1ccc(Nc2ccccn2)cc1. The van der Waals surface area contributed by atoms with Gasteiger partial charge >= 0.3 is 0 Å². The smallest absolute Gasteiger partial charge is 0.223 e. The Morgan fingerprint density at radius 1 is 1.00 bits per heavy atom. The summed E-state index contributed by atoms with van der Waals surface area (Å²) in [6.07, 6.45) is 3.49. The Bertz CT molecular complexity index is 847. The number of rotatable bonds is 8. The van der Waals surface area contributed by atoms with Crippen LogP contribution in [0.15, 0.2) is 79.1 Å². The highest BCUT2D eigenvalue weighted by atomic mass is 16.5. The Kier molecular flexibility index (Phi) is 5.96. The predicted molar refractivity (Wildman–Crippen MR) is 105 cm³/mol. The quantitative estimate of drug-likeness (QED) is 0.580. The van der Waals surface area contributed by atoms with Crippen LogP contribution < -0.4 is 15.4 Å². The van der Waals surface area contributed by atoms with Crippen molar-refractivity contribution < 1.29 is 4.74 Å². The third-order valence-corrected chi connectivity index (χ3v) is 3.60. The molecular weight excluding hydrogens is 324 g/mol. The van der Waals surface area contributed by atoms with Crippen molar-refractivity contribution in [3.05, 3.63) is 84.7 Å². The van der Waals surface area contributed by atoms with Crippen molar-refractivity contribution in [3.8, 4) is 11.6 Å². The van der Waals surface area contributed by atoms with Crippen LogP contribution in [0.5, 0.6) is 11.6 Å². The molecule has 0 saturated heterocycles. The van der Waals surface area contributed by atoms with Crippen molar-refractivity contribution >= 4 is 11.5 Å². The van der Waals surface area contributed by atoms with E-state index in [1.165, 1.54) is 0 Å². The normalized spacial score (nSPS) is 10.3. The first kappa shape index (κ1) is 17.6. The zero-order valence-corrected chi connectivity index (χ0v) is 14.8. The lowest BCUT2D eigenvalue weighted by Gasteiger charge is -2.11. The molecule has 0 amide bonds. The van der Waals surface area contributed by atoms with Crippen molar-refractivity contribution in [1.29, 1.82) is 0 Å². The van der Waals surface area contributed by atoms with E-state index in [1.54, 1.807) is 12.4 Å². The number of ether oxygens (including phenoxy) is 1. The van der Waals surface area contributed by atoms with E-state index in [4.69, 9.17) is 4.74 Å². The van der Waals surface area contributed by atoms with Gasteiger partial charge in [-0.2, -0.15) is 0 Å². The molecule has 2 aromatic heterocycles. The highest BCUT2D eigenvalue weighted by Gasteiger charge is 2.06. The fourth-order valence-electron chi connectivity index (χ4n) is 2.36. The molecule has 0 radical (unpaired) electrons. The van der Waals surface area contributed by atoms with E-state index >= 15 is 0 Å². The van der Waals surface area contributed by atoms with E-state index in [9.17, 15) is 0 Å². The topological polar surface area (TPSA) is 59.1 Å². The maximum Gasteiger partial charge on any atom is 0.223 e. The molecule has 26 heavy (non-hydrogen) atoms. The van der Waals surface area contributed by atoms with Crippen LogP contribution in [0.4, 0.5) is 11.5 Å². The second kappa shape index (κ2) is 8.78. The lowest BCUT2D eigenvalue weighted by atomic mass is 10.2. The number of benzene rings is 1. The molecule has 0 spiro atoms. The van der Waals surface area contributed by atoms with Gasteiger partial charge in [0.25, 0.3) is 0 Å². The Morgan fingerprint density at radius 2 is 1.81 bits per heavy atom. The molecule has 3 aromatic rings. The highest BCUT2D eigenvalue weighted by molar-refractivity contribution is 5.57. The number of anilines is 2. The third-order valence-electron chi connectivity index (χ3n) is 3.60. The summed E-state index contributed by atoms with van der Waals surface area (Å²) in [6.45, 7) is 7.33. The van der Waals surface area contributed by atoms with Gasteiger partial charge in [0.2, 0.25) is 5.88 Å². The molecule has 0 atom stereocenters. The van der Waals surface area contributed by atoms with Crippen LogP contribution in [0.1, 0.15) is 12.5 Å². The van der Waals surface area contributed by atoms with Gasteiger partial charge in [0.1, 0.15) is 11.6 Å². The summed E-state index contributed by atoms with van der Waals surface area (Å²) in [4.78, 5) is 8.60. The van der Waals surface area contributed by atoms with Crippen LogP contribution in [0.3, 0.4) is 0 Å². The molecule has 0 fully saturated rings. The van der Waals surface area contributed by atoms with Crippen molar-refractivity contribution in [3.63, 3.8) is 0 Å². The molecule has 0 unspecified atom stereocenters. The van der Waals surface area contributed by atoms with Crippen molar-refractivity contribution in [2.75, 3.05) is 11.9 Å². The van der Waals surface area contributed by atoms with E-state index < -0.39 is 0 Å². The number of aromatic nitrogens is 2. The van der Waals surface area contributed by atoms with Crippen LogP contribution in [0.25, 0.3) is 0 Å². The van der Waals surface area contributed by atoms with Crippen molar-refractivity contribution in [1.82, 2.24) is 15.3 Å². The van der Waals surface area contributed by atoms with Crippen molar-refractivity contribution in [2.24, 2.45) is 0 Å². The summed E-state index contributed by atoms with van der Waals surface area (Å²) in [5.74, 6) is 2.14. The minimum Gasteiger partial charge on any atom is -0.439 e. The molecule has 0 bridgehead atoms. The minimum atomic E-state index is 0.604. The van der Waals surface area contributed by atoms with Gasteiger partial charge in [0, 0.05) is 36.7 Å². The summed E-state index contributed by atoms with van der Waals surface area (Å²) in [6, 6.07) is 17.4. The molecule has 132 valence electrons. The van der Waals surface area contributed by atoms with Crippen molar-refractivity contribution in [2.45, 2.75) is 13.5 Å². The van der Waals surface area contributed by atoms with Crippen LogP contribution in [0, 0.1) is 0 Å². The van der Waals surface area contributed by atoms with E-state index in [1.807, 2.05) is 61.5 Å². The van der Waals surface area contributed by atoms with Crippen LogP contribution >= 0.6 is 0 Å². The predicted octanol–water partition coefficient (Wildman–Crippen LogP) is 4.68. The summed E-state index contributed by atoms with van der Waals surface area (Å²) in [5, 5.41) is 6.57. The van der Waals surface area contributed by atoms with Crippen LogP contribution in [-0.2, 0) is 6.54 Å². The maximum absolute atomic E-state index is 5.96. The Hall–Kier alpha value is -3.18. The second-order valence-electron chi connectivity index (χ2n) is 5.99. The molecule has 2 heterocycles. The second-order valence-corrected chi connectivity index (χ2v) is 5.99. The first-order valence-electron chi connectivity index (χ1n) is 8.46. The zero-order chi connectivity index (χ0) is 18.2. The molecule has 5 nitrogen and oxygen atoms in total. The fraction of sp³-hybridized carbons (Fsp3) is 0.143. The fourth-order valence-corrected chi connectivity index (χ4v) is 2.36. The van der Waals surface area contributed by atoms with Gasteiger partial charge in [-0.3, -0.25) is 0 Å². The summed E-state index contributed by atoms with van der Waals surface area (Å²) < 4.78 is 5.96. The summed E-state index contributed by atoms with van der Waals surface area (Å²) >= 11 is 0. The van der Waals surface area contributed by atoms with Gasteiger partial charge in [0.15, 0.2) is 0 Å². The van der Waals surface area contributed by atoms with Gasteiger partial charge in [-0.05, 0) is 49.4 Å². The molecule has 5 heteroatoms. The monoisotopic (exact) mass is 346 g/mol. The molecule has 2 N–H and O–H groups in total. The first-order valence-corrected chi connectivity index (χ1v) is 8.46. The standard InChI is InChI=1S/C21H22N4O/c1-16(2)14-22-15-17-6-5-13-24-21(17)26-19-10-8-18(9-11-19)25-20-7-3-4-12-23-20/h3-13,22H,1,14-15H2,2H3,(H,23,25). The number of nitrogens with one attached hydrogen (secondary N) is 2. The molecule has 0 aliphatic rings. The van der Waals surface area contributed by atoms with Gasteiger partial charge < -0.3 is 15.4 Å². The number of pyridine rings is 2. The number of hydrogen-bond donors (Lipinski definition) is 2. The average molecular weight is 346 g/mol. The maximum atomic E-state index is 5.96. The van der Waals surface area contributed by atoms with Gasteiger partial charge in [-0.1, -0.05) is 24.3 Å². The van der Waals surface area contributed by atoms with Gasteiger partial charge in [-0.25, -0.2) is 9.97 Å². The summed E-state index contributed by atoms with van der Waals surface area (Å²) in [5.41, 5.74) is 3.04. The number of nitrogens with zero attached hydrogens (tertiary/aromatic N) is 2. The van der Waals surface area contributed by atoms with Gasteiger partial charge in [0.05, 0.1) is 0 Å². The molecular formula is C21H22N4O. The van der Waals surface area contributed by atoms with Crippen LogP contribution in [0.2, 0.25) is 0 Å². The molecule has 1 aromatic carbocycles. The van der Waals surface area contributed by atoms with Gasteiger partial charge in [-0.15, -0.1) is 0 Å². The van der Waals surface area contributed by atoms with E-state index in [0.717, 1.165) is 34.9 Å². The highest BCUT2D eigenvalue weighted by Crippen LogP contribution is 2.25. The third kappa shape index (κ3) is 5.16.